The van der Waals surface area contributed by atoms with Gasteiger partial charge in [-0.3, -0.25) is 0 Å². The maximum atomic E-state index is 9.57. The molecule has 0 radical (unpaired) electrons. The maximum absolute atomic E-state index is 9.57. The van der Waals surface area contributed by atoms with Crippen LogP contribution >= 0.6 is 0 Å². The first-order valence-electron chi connectivity index (χ1n) is 5.08. The monoisotopic (exact) mass is 222 g/mol. The number of likely N-dealkylation sites (N-methyl/N-ethyl adjacent to an activating group) is 1. The topological polar surface area (TPSA) is 58.9 Å². The van der Waals surface area contributed by atoms with Crippen LogP contribution in [0, 0.1) is 0 Å². The fraction of sp³-hybridized carbons (Fsp3) is 1.00. The van der Waals surface area contributed by atoms with Crippen molar-refractivity contribution < 1.29 is 24.2 Å². The highest BCUT2D eigenvalue weighted by molar-refractivity contribution is 4.54. The van der Waals surface area contributed by atoms with Crippen molar-refractivity contribution in [2.45, 2.75) is 12.2 Å². The van der Waals surface area contributed by atoms with Gasteiger partial charge in [0.05, 0.1) is 41.0 Å². The number of quaternary nitrogens is 1. The zero-order chi connectivity index (χ0) is 11.9. The molecule has 2 N–H and O–H groups in total. The summed E-state index contributed by atoms with van der Waals surface area (Å²) in [5, 5.41) is 18.8. The Morgan fingerprint density at radius 2 is 1.53 bits per heavy atom. The third-order valence-corrected chi connectivity index (χ3v) is 1.74. The molecule has 0 rings (SSSR count). The van der Waals surface area contributed by atoms with Crippen LogP contribution in [-0.4, -0.2) is 81.5 Å². The Balaban J connectivity index is 3.50. The van der Waals surface area contributed by atoms with Gasteiger partial charge in [0.15, 0.2) is 0 Å². The van der Waals surface area contributed by atoms with Crippen LogP contribution < -0.4 is 0 Å². The molecular formula is C10H24NO4+. The summed E-state index contributed by atoms with van der Waals surface area (Å²) in [6.07, 6.45) is -1.12. The van der Waals surface area contributed by atoms with E-state index in [9.17, 15) is 10.2 Å². The van der Waals surface area contributed by atoms with Gasteiger partial charge in [-0.25, -0.2) is 0 Å². The second-order valence-corrected chi connectivity index (χ2v) is 4.77. The third kappa shape index (κ3) is 10.1. The second kappa shape index (κ2) is 7.14. The van der Waals surface area contributed by atoms with Crippen LogP contribution in [0.2, 0.25) is 0 Å². The van der Waals surface area contributed by atoms with Crippen LogP contribution in [0.5, 0.6) is 0 Å². The molecule has 92 valence electrons. The zero-order valence-corrected chi connectivity index (χ0v) is 10.1. The summed E-state index contributed by atoms with van der Waals surface area (Å²) in [6, 6.07) is 0. The van der Waals surface area contributed by atoms with Gasteiger partial charge < -0.3 is 24.2 Å². The van der Waals surface area contributed by atoms with Crippen LogP contribution in [0.3, 0.4) is 0 Å². The second-order valence-electron chi connectivity index (χ2n) is 4.77. The molecule has 5 nitrogen and oxygen atoms in total. The van der Waals surface area contributed by atoms with E-state index in [-0.39, 0.29) is 19.8 Å². The average Bonchev–Trinajstić information content (AvgIpc) is 2.00. The lowest BCUT2D eigenvalue weighted by molar-refractivity contribution is -0.873. The standard InChI is InChI=1S/C10H24NO4/c1-11(2,3)5-9(12)7-15-8-10(13)6-14-4/h9-10,12-13H,5-8H2,1-4H3/q+1. The van der Waals surface area contributed by atoms with Crippen molar-refractivity contribution in [3.05, 3.63) is 0 Å². The highest BCUT2D eigenvalue weighted by atomic mass is 16.5. The van der Waals surface area contributed by atoms with Crippen molar-refractivity contribution in [3.63, 3.8) is 0 Å². The van der Waals surface area contributed by atoms with Crippen molar-refractivity contribution in [1.82, 2.24) is 0 Å². The molecule has 0 aromatic carbocycles. The highest BCUT2D eigenvalue weighted by Crippen LogP contribution is 1.96. The van der Waals surface area contributed by atoms with E-state index < -0.39 is 12.2 Å². The van der Waals surface area contributed by atoms with E-state index in [0.717, 1.165) is 0 Å². The molecule has 0 amide bonds. The van der Waals surface area contributed by atoms with Gasteiger partial charge >= 0.3 is 0 Å². The van der Waals surface area contributed by atoms with E-state index in [0.29, 0.717) is 11.0 Å². The molecule has 15 heavy (non-hydrogen) atoms. The minimum atomic E-state index is -0.619. The molecule has 0 aromatic heterocycles. The number of hydrogen-bond donors (Lipinski definition) is 2. The first kappa shape index (κ1) is 14.8. The average molecular weight is 222 g/mol. The Labute approximate surface area is 91.8 Å². The van der Waals surface area contributed by atoms with Crippen LogP contribution in [0.15, 0.2) is 0 Å². The van der Waals surface area contributed by atoms with E-state index >= 15 is 0 Å². The Morgan fingerprint density at radius 1 is 1.00 bits per heavy atom. The number of rotatable bonds is 8. The van der Waals surface area contributed by atoms with E-state index in [2.05, 4.69) is 0 Å². The lowest BCUT2D eigenvalue weighted by Gasteiger charge is -2.26. The quantitative estimate of drug-likeness (QED) is 0.521. The number of methoxy groups -OCH3 is 1. The summed E-state index contributed by atoms with van der Waals surface area (Å²) >= 11 is 0. The number of aliphatic hydroxyl groups excluding tert-OH is 2. The van der Waals surface area contributed by atoms with Crippen LogP contribution in [0.1, 0.15) is 0 Å². The Kier molecular flexibility index (Phi) is 7.04. The Bertz CT molecular complexity index is 158. The van der Waals surface area contributed by atoms with Gasteiger partial charge in [0, 0.05) is 7.11 Å². The SMILES string of the molecule is COCC(O)COCC(O)C[N+](C)(C)C. The van der Waals surface area contributed by atoms with Crippen LogP contribution in [0.4, 0.5) is 0 Å². The summed E-state index contributed by atoms with van der Waals surface area (Å²) in [6.45, 7) is 1.32. The van der Waals surface area contributed by atoms with Gasteiger partial charge in [-0.2, -0.15) is 0 Å². The zero-order valence-electron chi connectivity index (χ0n) is 10.1. The summed E-state index contributed by atoms with van der Waals surface area (Å²) in [4.78, 5) is 0. The first-order valence-corrected chi connectivity index (χ1v) is 5.08. The van der Waals surface area contributed by atoms with Gasteiger partial charge in [-0.1, -0.05) is 0 Å². The highest BCUT2D eigenvalue weighted by Gasteiger charge is 2.15. The van der Waals surface area contributed by atoms with E-state index in [4.69, 9.17) is 9.47 Å². The molecule has 5 heteroatoms. The lowest BCUT2D eigenvalue weighted by Crippen LogP contribution is -2.43. The minimum Gasteiger partial charge on any atom is -0.388 e. The van der Waals surface area contributed by atoms with E-state index in [1.165, 1.54) is 7.11 Å². The molecule has 0 aliphatic heterocycles. The maximum Gasteiger partial charge on any atom is 0.126 e. The molecular weight excluding hydrogens is 198 g/mol. The van der Waals surface area contributed by atoms with Crippen molar-refractivity contribution in [2.24, 2.45) is 0 Å². The fourth-order valence-electron chi connectivity index (χ4n) is 1.27. The van der Waals surface area contributed by atoms with Gasteiger partial charge in [0.1, 0.15) is 18.8 Å². The molecule has 0 aliphatic rings. The fourth-order valence-corrected chi connectivity index (χ4v) is 1.27. The third-order valence-electron chi connectivity index (χ3n) is 1.74. The molecule has 2 unspecified atom stereocenters. The van der Waals surface area contributed by atoms with Gasteiger partial charge in [-0.15, -0.1) is 0 Å². The first-order chi connectivity index (χ1) is 6.85. The molecule has 2 atom stereocenters. The largest absolute Gasteiger partial charge is 0.388 e. The summed E-state index contributed by atoms with van der Waals surface area (Å²) < 4.78 is 10.6. The van der Waals surface area contributed by atoms with Crippen molar-refractivity contribution in [1.29, 1.82) is 0 Å². The van der Waals surface area contributed by atoms with Crippen molar-refractivity contribution in [2.75, 3.05) is 54.6 Å². The number of nitrogens with zero attached hydrogens (tertiary/aromatic N) is 1. The van der Waals surface area contributed by atoms with Crippen molar-refractivity contribution in [3.8, 4) is 0 Å². The normalized spacial score (nSPS) is 16.4. The predicted octanol–water partition coefficient (Wildman–Crippen LogP) is -0.923. The van der Waals surface area contributed by atoms with Crippen LogP contribution in [0.25, 0.3) is 0 Å². The number of ether oxygens (including phenoxy) is 2. The Hall–Kier alpha value is -0.200. The molecule has 0 aliphatic carbocycles. The molecule has 0 saturated carbocycles. The molecule has 0 heterocycles. The van der Waals surface area contributed by atoms with Crippen LogP contribution in [-0.2, 0) is 9.47 Å². The van der Waals surface area contributed by atoms with Crippen molar-refractivity contribution >= 4 is 0 Å². The molecule has 0 bridgehead atoms. The molecule has 0 aromatic rings. The number of aliphatic hydroxyl groups is 2. The van der Waals surface area contributed by atoms with Gasteiger partial charge in [0.25, 0.3) is 0 Å². The minimum absolute atomic E-state index is 0.196. The summed E-state index contributed by atoms with van der Waals surface area (Å²) in [5.41, 5.74) is 0. The Morgan fingerprint density at radius 3 is 2.00 bits per heavy atom. The summed E-state index contributed by atoms with van der Waals surface area (Å²) in [7, 11) is 7.53. The van der Waals surface area contributed by atoms with E-state index in [1.807, 2.05) is 21.1 Å². The van der Waals surface area contributed by atoms with E-state index in [1.54, 1.807) is 0 Å². The predicted molar refractivity (Wildman–Crippen MR) is 57.6 cm³/mol. The molecule has 0 spiro atoms. The smallest absolute Gasteiger partial charge is 0.126 e. The van der Waals surface area contributed by atoms with Gasteiger partial charge in [-0.05, 0) is 0 Å². The molecule has 0 fully saturated rings. The summed E-state index contributed by atoms with van der Waals surface area (Å²) in [5.74, 6) is 0. The lowest BCUT2D eigenvalue weighted by atomic mass is 10.3. The molecule has 0 saturated heterocycles. The number of hydrogen-bond acceptors (Lipinski definition) is 4. The van der Waals surface area contributed by atoms with Gasteiger partial charge in [0.2, 0.25) is 0 Å².